The Kier molecular flexibility index (Phi) is 5.00. The van der Waals surface area contributed by atoms with E-state index in [0.29, 0.717) is 29.0 Å². The quantitative estimate of drug-likeness (QED) is 0.842. The van der Waals surface area contributed by atoms with Crippen LogP contribution in [0.2, 0.25) is 0 Å². The average molecular weight is 342 g/mol. The van der Waals surface area contributed by atoms with Gasteiger partial charge in [-0.15, -0.1) is 0 Å². The highest BCUT2D eigenvalue weighted by molar-refractivity contribution is 9.10. The number of hydrogen-bond acceptors (Lipinski definition) is 3. The number of nitrogens with zero attached hydrogens (tertiary/aromatic N) is 2. The Morgan fingerprint density at radius 3 is 2.45 bits per heavy atom. The third-order valence-corrected chi connectivity index (χ3v) is 3.11. The third kappa shape index (κ3) is 4.23. The second kappa shape index (κ2) is 6.74. The van der Waals surface area contributed by atoms with Gasteiger partial charge in [-0.3, -0.25) is 0 Å². The fourth-order valence-electron chi connectivity index (χ4n) is 1.80. The van der Waals surface area contributed by atoms with Crippen LogP contribution in [0.25, 0.3) is 0 Å². The van der Waals surface area contributed by atoms with Gasteiger partial charge in [0.1, 0.15) is 27.9 Å². The molecule has 106 valence electrons. The number of nitrogens with one attached hydrogen (secondary N) is 1. The highest BCUT2D eigenvalue weighted by Crippen LogP contribution is 2.13. The van der Waals surface area contributed by atoms with Crippen molar-refractivity contribution in [2.24, 2.45) is 0 Å². The topological polar surface area (TPSA) is 37.8 Å². The third-order valence-electron chi connectivity index (χ3n) is 2.70. The summed E-state index contributed by atoms with van der Waals surface area (Å²) in [5.74, 6) is 0.315. The van der Waals surface area contributed by atoms with Crippen LogP contribution >= 0.6 is 15.9 Å². The lowest BCUT2D eigenvalue weighted by molar-refractivity contribution is 0.580. The van der Waals surface area contributed by atoms with Gasteiger partial charge in [-0.05, 0) is 40.0 Å². The molecule has 0 fully saturated rings. The zero-order chi connectivity index (χ0) is 14.5. The van der Waals surface area contributed by atoms with Gasteiger partial charge in [-0.2, -0.15) is 0 Å². The Morgan fingerprint density at radius 1 is 1.10 bits per heavy atom. The number of halogens is 3. The standard InChI is InChI=1S/C14H14BrF2N3/c1-2-13-19-12(15)8-14(20-13)18-4-3-9-5-10(16)7-11(17)6-9/h5-8H,2-4H2,1H3,(H,18,19,20). The van der Waals surface area contributed by atoms with E-state index in [1.807, 2.05) is 6.92 Å². The largest absolute Gasteiger partial charge is 0.370 e. The van der Waals surface area contributed by atoms with E-state index < -0.39 is 11.6 Å². The van der Waals surface area contributed by atoms with Crippen molar-refractivity contribution in [3.63, 3.8) is 0 Å². The van der Waals surface area contributed by atoms with Gasteiger partial charge in [0, 0.05) is 25.1 Å². The molecule has 2 aromatic rings. The number of anilines is 1. The van der Waals surface area contributed by atoms with Gasteiger partial charge < -0.3 is 5.32 Å². The van der Waals surface area contributed by atoms with E-state index in [2.05, 4.69) is 31.2 Å². The van der Waals surface area contributed by atoms with Crippen molar-refractivity contribution in [3.05, 3.63) is 51.9 Å². The lowest BCUT2D eigenvalue weighted by Gasteiger charge is -2.07. The normalized spacial score (nSPS) is 10.6. The zero-order valence-corrected chi connectivity index (χ0v) is 12.5. The van der Waals surface area contributed by atoms with Crippen LogP contribution in [-0.4, -0.2) is 16.5 Å². The van der Waals surface area contributed by atoms with Gasteiger partial charge in [0.25, 0.3) is 0 Å². The predicted octanol–water partition coefficient (Wildman–Crippen LogP) is 3.73. The summed E-state index contributed by atoms with van der Waals surface area (Å²) in [4.78, 5) is 8.53. The van der Waals surface area contributed by atoms with Crippen molar-refractivity contribution in [1.82, 2.24) is 9.97 Å². The van der Waals surface area contributed by atoms with E-state index in [9.17, 15) is 8.78 Å². The Balaban J connectivity index is 1.97. The molecule has 6 heteroatoms. The van der Waals surface area contributed by atoms with Crippen LogP contribution in [0.3, 0.4) is 0 Å². The summed E-state index contributed by atoms with van der Waals surface area (Å²) in [7, 11) is 0. The molecule has 1 heterocycles. The lowest BCUT2D eigenvalue weighted by Crippen LogP contribution is -2.08. The van der Waals surface area contributed by atoms with Gasteiger partial charge >= 0.3 is 0 Å². The Labute approximate surface area is 124 Å². The van der Waals surface area contributed by atoms with E-state index in [1.165, 1.54) is 12.1 Å². The highest BCUT2D eigenvalue weighted by atomic mass is 79.9. The van der Waals surface area contributed by atoms with Crippen LogP contribution in [0, 0.1) is 11.6 Å². The summed E-state index contributed by atoms with van der Waals surface area (Å²) in [5.41, 5.74) is 0.610. The molecule has 20 heavy (non-hydrogen) atoms. The highest BCUT2D eigenvalue weighted by Gasteiger charge is 2.03. The van der Waals surface area contributed by atoms with Crippen LogP contribution < -0.4 is 5.32 Å². The van der Waals surface area contributed by atoms with E-state index in [0.717, 1.165) is 18.3 Å². The summed E-state index contributed by atoms with van der Waals surface area (Å²) in [6.45, 7) is 2.51. The van der Waals surface area contributed by atoms with E-state index in [-0.39, 0.29) is 0 Å². The summed E-state index contributed by atoms with van der Waals surface area (Å²) in [6, 6.07) is 5.30. The van der Waals surface area contributed by atoms with Crippen molar-refractivity contribution in [1.29, 1.82) is 0 Å². The summed E-state index contributed by atoms with van der Waals surface area (Å²) < 4.78 is 26.8. The molecule has 0 aliphatic rings. The Hall–Kier alpha value is -1.56. The number of aromatic nitrogens is 2. The molecule has 1 N–H and O–H groups in total. The number of hydrogen-bond donors (Lipinski definition) is 1. The summed E-state index contributed by atoms with van der Waals surface area (Å²) in [5, 5.41) is 3.12. The number of benzene rings is 1. The van der Waals surface area contributed by atoms with Crippen LogP contribution in [0.1, 0.15) is 18.3 Å². The monoisotopic (exact) mass is 341 g/mol. The van der Waals surface area contributed by atoms with Crippen LogP contribution in [0.15, 0.2) is 28.9 Å². The second-order valence-electron chi connectivity index (χ2n) is 4.30. The van der Waals surface area contributed by atoms with Crippen LogP contribution in [0.5, 0.6) is 0 Å². The molecule has 0 amide bonds. The molecule has 0 spiro atoms. The van der Waals surface area contributed by atoms with Crippen molar-refractivity contribution < 1.29 is 8.78 Å². The minimum Gasteiger partial charge on any atom is -0.370 e. The molecule has 0 bridgehead atoms. The second-order valence-corrected chi connectivity index (χ2v) is 5.11. The summed E-state index contributed by atoms with van der Waals surface area (Å²) in [6.07, 6.45) is 1.25. The first kappa shape index (κ1) is 14.8. The molecule has 0 aliphatic heterocycles. The zero-order valence-electron chi connectivity index (χ0n) is 11.0. The van der Waals surface area contributed by atoms with Crippen LogP contribution in [0.4, 0.5) is 14.6 Å². The van der Waals surface area contributed by atoms with Gasteiger partial charge in [-0.1, -0.05) is 6.92 Å². The smallest absolute Gasteiger partial charge is 0.131 e. The summed E-state index contributed by atoms with van der Waals surface area (Å²) >= 11 is 3.32. The van der Waals surface area contributed by atoms with Gasteiger partial charge in [0.05, 0.1) is 0 Å². The molecule has 0 atom stereocenters. The van der Waals surface area contributed by atoms with Gasteiger partial charge in [0.2, 0.25) is 0 Å². The molecule has 1 aromatic carbocycles. The minimum absolute atomic E-state index is 0.512. The molecule has 0 aliphatic carbocycles. The molecule has 0 unspecified atom stereocenters. The fraction of sp³-hybridized carbons (Fsp3) is 0.286. The average Bonchev–Trinajstić information content (AvgIpc) is 2.37. The maximum atomic E-state index is 13.0. The van der Waals surface area contributed by atoms with E-state index in [1.54, 1.807) is 6.07 Å². The number of rotatable bonds is 5. The molecular formula is C14H14BrF2N3. The van der Waals surface area contributed by atoms with Gasteiger partial charge in [0.15, 0.2) is 0 Å². The van der Waals surface area contributed by atoms with Crippen molar-refractivity contribution in [2.75, 3.05) is 11.9 Å². The lowest BCUT2D eigenvalue weighted by atomic mass is 10.1. The maximum Gasteiger partial charge on any atom is 0.131 e. The fourth-order valence-corrected chi connectivity index (χ4v) is 2.23. The SMILES string of the molecule is CCc1nc(Br)cc(NCCc2cc(F)cc(F)c2)n1. The first-order valence-corrected chi connectivity index (χ1v) is 7.08. The Bertz CT molecular complexity index is 585. The molecule has 0 radical (unpaired) electrons. The van der Waals surface area contributed by atoms with E-state index in [4.69, 9.17) is 0 Å². The van der Waals surface area contributed by atoms with Crippen molar-refractivity contribution in [2.45, 2.75) is 19.8 Å². The van der Waals surface area contributed by atoms with Gasteiger partial charge in [-0.25, -0.2) is 18.7 Å². The minimum atomic E-state index is -0.557. The first-order chi connectivity index (χ1) is 9.56. The van der Waals surface area contributed by atoms with Crippen molar-refractivity contribution >= 4 is 21.7 Å². The van der Waals surface area contributed by atoms with Crippen molar-refractivity contribution in [3.8, 4) is 0 Å². The molecule has 2 rings (SSSR count). The molecule has 0 saturated carbocycles. The molecule has 1 aromatic heterocycles. The molecule has 0 saturated heterocycles. The predicted molar refractivity (Wildman–Crippen MR) is 77.7 cm³/mol. The number of aryl methyl sites for hydroxylation is 1. The molecular weight excluding hydrogens is 328 g/mol. The maximum absolute atomic E-state index is 13.0. The first-order valence-electron chi connectivity index (χ1n) is 6.29. The van der Waals surface area contributed by atoms with E-state index >= 15 is 0 Å². The van der Waals surface area contributed by atoms with Crippen LogP contribution in [-0.2, 0) is 12.8 Å². The molecule has 3 nitrogen and oxygen atoms in total. The Morgan fingerprint density at radius 2 is 1.80 bits per heavy atom.